The van der Waals surface area contributed by atoms with Gasteiger partial charge in [0.2, 0.25) is 5.76 Å². The summed E-state index contributed by atoms with van der Waals surface area (Å²) < 4.78 is 24.9. The van der Waals surface area contributed by atoms with Crippen LogP contribution >= 0.6 is 11.6 Å². The van der Waals surface area contributed by atoms with Gasteiger partial charge in [-0.05, 0) is 48.0 Å². The van der Waals surface area contributed by atoms with E-state index < -0.39 is 23.2 Å². The normalized spacial score (nSPS) is 15.9. The molecule has 29 heavy (non-hydrogen) atoms. The number of fused-ring (bicyclic) bond motifs is 2. The topological polar surface area (TPSA) is 63.7 Å². The molecule has 0 saturated carbocycles. The van der Waals surface area contributed by atoms with Crippen LogP contribution in [0.25, 0.3) is 11.0 Å². The van der Waals surface area contributed by atoms with Crippen LogP contribution in [0.1, 0.15) is 33.5 Å². The molecule has 0 bridgehead atoms. The van der Waals surface area contributed by atoms with Crippen molar-refractivity contribution in [3.8, 4) is 0 Å². The van der Waals surface area contributed by atoms with Crippen LogP contribution in [0, 0.1) is 5.82 Å². The van der Waals surface area contributed by atoms with Gasteiger partial charge in [-0.3, -0.25) is 9.59 Å². The molecule has 1 amide bonds. The summed E-state index contributed by atoms with van der Waals surface area (Å²) >= 11 is 6.16. The number of carbonyl (C=O) groups excluding carboxylic acids is 1. The molecule has 1 aliphatic rings. The lowest BCUT2D eigenvalue weighted by molar-refractivity contribution is 0.0701. The van der Waals surface area contributed by atoms with Gasteiger partial charge < -0.3 is 13.7 Å². The highest BCUT2D eigenvalue weighted by atomic mass is 35.5. The van der Waals surface area contributed by atoms with E-state index in [9.17, 15) is 14.0 Å². The molecule has 1 aliphatic heterocycles. The van der Waals surface area contributed by atoms with Crippen molar-refractivity contribution < 1.29 is 18.0 Å². The Balaban J connectivity index is 1.77. The van der Waals surface area contributed by atoms with E-state index in [0.29, 0.717) is 16.3 Å². The molecular weight excluding hydrogens is 397 g/mol. The van der Waals surface area contributed by atoms with E-state index in [1.54, 1.807) is 36.4 Å². The van der Waals surface area contributed by atoms with Crippen LogP contribution in [0.5, 0.6) is 0 Å². The number of rotatable bonds is 3. The molecular formula is C22H13ClFNO4. The second-order valence-electron chi connectivity index (χ2n) is 6.78. The zero-order chi connectivity index (χ0) is 20.1. The van der Waals surface area contributed by atoms with Gasteiger partial charge in [0, 0.05) is 5.02 Å². The van der Waals surface area contributed by atoms with Crippen LogP contribution in [0.4, 0.5) is 4.39 Å². The van der Waals surface area contributed by atoms with Gasteiger partial charge >= 0.3 is 0 Å². The first-order valence-electron chi connectivity index (χ1n) is 8.88. The maximum Gasteiger partial charge on any atom is 0.291 e. The second-order valence-corrected chi connectivity index (χ2v) is 7.22. The van der Waals surface area contributed by atoms with Crippen molar-refractivity contribution in [2.45, 2.75) is 12.6 Å². The molecule has 4 aromatic rings. The Kier molecular flexibility index (Phi) is 4.03. The van der Waals surface area contributed by atoms with Crippen molar-refractivity contribution in [1.82, 2.24) is 4.90 Å². The van der Waals surface area contributed by atoms with E-state index >= 15 is 0 Å². The second kappa shape index (κ2) is 6.60. The van der Waals surface area contributed by atoms with E-state index in [1.165, 1.54) is 23.3 Å². The summed E-state index contributed by atoms with van der Waals surface area (Å²) in [4.78, 5) is 28.0. The molecule has 5 rings (SSSR count). The van der Waals surface area contributed by atoms with Crippen molar-refractivity contribution in [2.24, 2.45) is 0 Å². The average Bonchev–Trinajstić information content (AvgIpc) is 3.31. The Morgan fingerprint density at radius 2 is 1.93 bits per heavy atom. The van der Waals surface area contributed by atoms with E-state index in [4.69, 9.17) is 20.4 Å². The maximum absolute atomic E-state index is 13.8. The smallest absolute Gasteiger partial charge is 0.291 e. The van der Waals surface area contributed by atoms with Crippen molar-refractivity contribution in [2.75, 3.05) is 0 Å². The van der Waals surface area contributed by atoms with E-state index in [-0.39, 0.29) is 28.8 Å². The fraction of sp³-hybridized carbons (Fsp3) is 0.0909. The molecule has 0 N–H and O–H groups in total. The lowest BCUT2D eigenvalue weighted by atomic mass is 9.98. The highest BCUT2D eigenvalue weighted by Crippen LogP contribution is 2.39. The first-order chi connectivity index (χ1) is 14.0. The molecule has 1 atom stereocenters. The van der Waals surface area contributed by atoms with Gasteiger partial charge in [-0.1, -0.05) is 23.7 Å². The molecule has 5 nitrogen and oxygen atoms in total. The Morgan fingerprint density at radius 3 is 2.69 bits per heavy atom. The van der Waals surface area contributed by atoms with Crippen LogP contribution in [0.2, 0.25) is 5.02 Å². The zero-order valence-electron chi connectivity index (χ0n) is 14.9. The van der Waals surface area contributed by atoms with Gasteiger partial charge in [0.05, 0.1) is 29.8 Å². The number of hydrogen-bond donors (Lipinski definition) is 0. The van der Waals surface area contributed by atoms with Gasteiger partial charge in [0.1, 0.15) is 17.2 Å². The van der Waals surface area contributed by atoms with Crippen LogP contribution in [0.15, 0.2) is 74.5 Å². The van der Waals surface area contributed by atoms with Gasteiger partial charge in [0.25, 0.3) is 5.91 Å². The average molecular weight is 410 g/mol. The van der Waals surface area contributed by atoms with Crippen molar-refractivity contribution >= 4 is 28.5 Å². The van der Waals surface area contributed by atoms with Gasteiger partial charge in [0.15, 0.2) is 5.43 Å². The van der Waals surface area contributed by atoms with Crippen molar-refractivity contribution in [3.63, 3.8) is 0 Å². The highest BCUT2D eigenvalue weighted by Gasteiger charge is 2.43. The Morgan fingerprint density at radius 1 is 1.07 bits per heavy atom. The van der Waals surface area contributed by atoms with Crippen LogP contribution < -0.4 is 5.43 Å². The van der Waals surface area contributed by atoms with E-state index in [1.807, 2.05) is 0 Å². The van der Waals surface area contributed by atoms with E-state index in [2.05, 4.69) is 0 Å². The maximum atomic E-state index is 13.8. The van der Waals surface area contributed by atoms with Crippen LogP contribution in [-0.2, 0) is 6.54 Å². The number of nitrogens with zero attached hydrogens (tertiary/aromatic N) is 1. The fourth-order valence-corrected chi connectivity index (χ4v) is 3.95. The predicted octanol–water partition coefficient (Wildman–Crippen LogP) is 4.92. The number of halogens is 2. The summed E-state index contributed by atoms with van der Waals surface area (Å²) in [6.07, 6.45) is 1.51. The Labute approximate surface area is 168 Å². The predicted molar refractivity (Wildman–Crippen MR) is 104 cm³/mol. The third-order valence-electron chi connectivity index (χ3n) is 5.00. The summed E-state index contributed by atoms with van der Waals surface area (Å²) in [6.45, 7) is 0.136. The quantitative estimate of drug-likeness (QED) is 0.481. The summed E-state index contributed by atoms with van der Waals surface area (Å²) in [5.74, 6) is -0.489. The Bertz CT molecular complexity index is 1310. The summed E-state index contributed by atoms with van der Waals surface area (Å²) in [7, 11) is 0. The molecule has 0 spiro atoms. The largest absolute Gasteiger partial charge is 0.467 e. The lowest BCUT2D eigenvalue weighted by Crippen LogP contribution is -2.29. The molecule has 0 radical (unpaired) electrons. The number of amides is 1. The fourth-order valence-electron chi connectivity index (χ4n) is 3.75. The van der Waals surface area contributed by atoms with Crippen LogP contribution in [0.3, 0.4) is 0 Å². The molecule has 7 heteroatoms. The SMILES string of the molecule is O=C1c2oc3ccc(F)cc3c(=O)c2[C@H](c2cccc(Cl)c2)N1Cc1ccco1. The van der Waals surface area contributed by atoms with E-state index in [0.717, 1.165) is 6.07 Å². The standard InChI is InChI=1S/C22H13ClFNO4/c23-13-4-1-3-12(9-13)19-18-20(26)16-10-14(24)6-7-17(16)29-21(18)22(27)25(19)11-15-5-2-8-28-15/h1-10,19H,11H2/t19-/m0/s1. The molecule has 2 aromatic heterocycles. The molecule has 0 unspecified atom stereocenters. The number of hydrogen-bond acceptors (Lipinski definition) is 4. The van der Waals surface area contributed by atoms with Gasteiger partial charge in [-0.25, -0.2) is 4.39 Å². The highest BCUT2D eigenvalue weighted by molar-refractivity contribution is 6.30. The number of carbonyl (C=O) groups is 1. The van der Waals surface area contributed by atoms with Gasteiger partial charge in [-0.15, -0.1) is 0 Å². The van der Waals surface area contributed by atoms with Gasteiger partial charge in [-0.2, -0.15) is 0 Å². The molecule has 2 aromatic carbocycles. The van der Waals surface area contributed by atoms with Crippen LogP contribution in [-0.4, -0.2) is 10.8 Å². The summed E-state index contributed by atoms with van der Waals surface area (Å²) in [5, 5.41) is 0.556. The summed E-state index contributed by atoms with van der Waals surface area (Å²) in [6, 6.07) is 13.3. The Hall–Kier alpha value is -3.38. The minimum absolute atomic E-state index is 0.0503. The summed E-state index contributed by atoms with van der Waals surface area (Å²) in [5.41, 5.74) is 0.537. The lowest BCUT2D eigenvalue weighted by Gasteiger charge is -2.24. The zero-order valence-corrected chi connectivity index (χ0v) is 15.7. The molecule has 3 heterocycles. The molecule has 0 saturated heterocycles. The molecule has 0 fully saturated rings. The number of benzene rings is 2. The van der Waals surface area contributed by atoms with Crippen molar-refractivity contribution in [3.05, 3.63) is 105 Å². The molecule has 0 aliphatic carbocycles. The first-order valence-corrected chi connectivity index (χ1v) is 9.26. The third-order valence-corrected chi connectivity index (χ3v) is 5.23. The first kappa shape index (κ1) is 17.7. The number of furan rings is 1. The minimum atomic E-state index is -0.731. The minimum Gasteiger partial charge on any atom is -0.467 e. The molecule has 144 valence electrons. The van der Waals surface area contributed by atoms with Crippen molar-refractivity contribution in [1.29, 1.82) is 0 Å². The monoisotopic (exact) mass is 409 g/mol. The third kappa shape index (κ3) is 2.84.